The van der Waals surface area contributed by atoms with Crippen LogP contribution in [0, 0.1) is 20.2 Å². The molecule has 0 heterocycles. The van der Waals surface area contributed by atoms with Gasteiger partial charge in [-0.1, -0.05) is 0 Å². The fraction of sp³-hybridized carbons (Fsp3) is 0.875. The predicted octanol–water partition coefficient (Wildman–Crippen LogP) is 0.505. The zero-order valence-corrected chi connectivity index (χ0v) is 9.77. The zero-order chi connectivity index (χ0) is 14.0. The number of unbranched alkanes of at least 4 members (excludes halogenated alkanes) is 1. The second-order valence-electron chi connectivity index (χ2n) is 3.31. The van der Waals surface area contributed by atoms with E-state index in [1.807, 2.05) is 0 Å². The summed E-state index contributed by atoms with van der Waals surface area (Å²) >= 11 is 0. The number of hydrogen-bond donors (Lipinski definition) is 0. The summed E-state index contributed by atoms with van der Waals surface area (Å²) in [6.07, 6.45) is 0.112. The van der Waals surface area contributed by atoms with Gasteiger partial charge in [0.2, 0.25) is 0 Å². The minimum absolute atomic E-state index is 0.191. The van der Waals surface area contributed by atoms with Crippen LogP contribution in [-0.4, -0.2) is 35.5 Å². The summed E-state index contributed by atoms with van der Waals surface area (Å²) in [6.45, 7) is 0.946. The molecule has 1 atom stereocenters. The van der Waals surface area contributed by atoms with Crippen LogP contribution in [0.15, 0.2) is 0 Å². The third-order valence-electron chi connectivity index (χ3n) is 1.83. The van der Waals surface area contributed by atoms with Gasteiger partial charge in [-0.3, -0.25) is 4.79 Å². The molecule has 0 spiro atoms. The first-order chi connectivity index (χ1) is 8.41. The highest BCUT2D eigenvalue weighted by molar-refractivity contribution is 5.65. The molecule has 0 radical (unpaired) electrons. The molecule has 0 saturated carbocycles. The molecule has 0 aliphatic carbocycles. The van der Waals surface area contributed by atoms with Crippen LogP contribution >= 0.6 is 0 Å². The van der Waals surface area contributed by atoms with E-state index in [1.54, 1.807) is 0 Å². The Kier molecular flexibility index (Phi) is 7.90. The van der Waals surface area contributed by atoms with Crippen LogP contribution in [0.2, 0.25) is 0 Å². The minimum atomic E-state index is -1.05. The van der Waals surface area contributed by atoms with Crippen LogP contribution in [0.1, 0.15) is 26.2 Å². The van der Waals surface area contributed by atoms with Crippen LogP contribution in [0.3, 0.4) is 0 Å². The zero-order valence-electron chi connectivity index (χ0n) is 9.77. The predicted molar refractivity (Wildman–Crippen MR) is 55.3 cm³/mol. The van der Waals surface area contributed by atoms with Gasteiger partial charge in [0, 0.05) is 6.92 Å². The summed E-state index contributed by atoms with van der Waals surface area (Å²) in [5.74, 6) is -0.412. The van der Waals surface area contributed by atoms with Gasteiger partial charge in [0.15, 0.2) is 0 Å². The quantitative estimate of drug-likeness (QED) is 0.242. The lowest BCUT2D eigenvalue weighted by Crippen LogP contribution is -2.24. The number of nitrogens with zero attached hydrogens (tertiary/aromatic N) is 2. The van der Waals surface area contributed by atoms with Crippen molar-refractivity contribution in [1.29, 1.82) is 0 Å². The highest BCUT2D eigenvalue weighted by atomic mass is 17.0. The van der Waals surface area contributed by atoms with Crippen LogP contribution in [-0.2, 0) is 19.2 Å². The van der Waals surface area contributed by atoms with E-state index in [-0.39, 0.29) is 13.0 Å². The number of rotatable bonds is 10. The molecule has 0 amide bonds. The van der Waals surface area contributed by atoms with E-state index in [2.05, 4.69) is 14.4 Å². The number of carbonyl (C=O) groups is 1. The normalized spacial score (nSPS) is 11.4. The third kappa shape index (κ3) is 10.4. The molecule has 0 aliphatic heterocycles. The SMILES string of the molecule is CC(=O)OCCCCC(CO[N+](=O)[O-])O[N+](=O)[O-]. The summed E-state index contributed by atoms with van der Waals surface area (Å²) in [7, 11) is 0. The fourth-order valence-electron chi connectivity index (χ4n) is 1.12. The van der Waals surface area contributed by atoms with E-state index in [0.717, 1.165) is 0 Å². The lowest BCUT2D eigenvalue weighted by Gasteiger charge is -2.13. The van der Waals surface area contributed by atoms with Crippen LogP contribution in [0.4, 0.5) is 0 Å². The van der Waals surface area contributed by atoms with Gasteiger partial charge < -0.3 is 14.4 Å². The Morgan fingerprint density at radius 2 is 1.89 bits per heavy atom. The number of carbonyl (C=O) groups excluding carboxylic acids is 1. The summed E-state index contributed by atoms with van der Waals surface area (Å²) < 4.78 is 4.65. The molecule has 0 aromatic carbocycles. The lowest BCUT2D eigenvalue weighted by molar-refractivity contribution is -0.790. The van der Waals surface area contributed by atoms with Crippen LogP contribution < -0.4 is 0 Å². The van der Waals surface area contributed by atoms with Crippen LogP contribution in [0.25, 0.3) is 0 Å². The van der Waals surface area contributed by atoms with Gasteiger partial charge >= 0.3 is 5.97 Å². The van der Waals surface area contributed by atoms with Gasteiger partial charge in [0.25, 0.3) is 10.2 Å². The Balaban J connectivity index is 3.81. The van der Waals surface area contributed by atoms with Crippen molar-refractivity contribution in [3.8, 4) is 0 Å². The van der Waals surface area contributed by atoms with Crippen molar-refractivity contribution in [3.05, 3.63) is 20.2 Å². The maximum Gasteiger partial charge on any atom is 0.302 e. The fourth-order valence-corrected chi connectivity index (χ4v) is 1.12. The van der Waals surface area contributed by atoms with E-state index >= 15 is 0 Å². The van der Waals surface area contributed by atoms with Crippen molar-refractivity contribution < 1.29 is 29.4 Å². The summed E-state index contributed by atoms with van der Waals surface area (Å²) in [5.41, 5.74) is 0. The average Bonchev–Trinajstić information content (AvgIpc) is 2.23. The van der Waals surface area contributed by atoms with Crippen molar-refractivity contribution in [1.82, 2.24) is 0 Å². The molecule has 0 aromatic heterocycles. The topological polar surface area (TPSA) is 131 Å². The molecular formula is C8H14N2O8. The molecule has 0 rings (SSSR count). The van der Waals surface area contributed by atoms with Crippen molar-refractivity contribution in [2.75, 3.05) is 13.2 Å². The molecular weight excluding hydrogens is 252 g/mol. The summed E-state index contributed by atoms with van der Waals surface area (Å²) in [5, 5.41) is 18.0. The maximum atomic E-state index is 10.4. The van der Waals surface area contributed by atoms with Crippen LogP contribution in [0.5, 0.6) is 0 Å². The van der Waals surface area contributed by atoms with Crippen molar-refractivity contribution in [2.24, 2.45) is 0 Å². The standard InChI is InChI=1S/C8H14N2O8/c1-7(11)16-5-3-2-4-8(18-10(14)15)6-17-9(12)13/h8H,2-6H2,1H3. The first-order valence-corrected chi connectivity index (χ1v) is 5.13. The molecule has 10 nitrogen and oxygen atoms in total. The molecule has 104 valence electrons. The number of hydrogen-bond acceptors (Lipinski definition) is 8. The molecule has 0 bridgehead atoms. The molecule has 1 unspecified atom stereocenters. The Labute approximate surface area is 102 Å². The van der Waals surface area contributed by atoms with Gasteiger partial charge in [0.05, 0.1) is 6.61 Å². The Bertz CT molecular complexity index is 295. The molecule has 0 N–H and O–H groups in total. The van der Waals surface area contributed by atoms with E-state index in [9.17, 15) is 25.0 Å². The first kappa shape index (κ1) is 15.9. The van der Waals surface area contributed by atoms with E-state index < -0.39 is 28.9 Å². The largest absolute Gasteiger partial charge is 0.466 e. The number of ether oxygens (including phenoxy) is 1. The second-order valence-corrected chi connectivity index (χ2v) is 3.31. The molecule has 10 heteroatoms. The molecule has 0 saturated heterocycles. The summed E-state index contributed by atoms with van der Waals surface area (Å²) in [4.78, 5) is 38.7. The number of esters is 1. The van der Waals surface area contributed by atoms with Crippen molar-refractivity contribution >= 4 is 5.97 Å². The second kappa shape index (κ2) is 8.96. The molecule has 0 fully saturated rings. The highest BCUT2D eigenvalue weighted by Crippen LogP contribution is 2.06. The van der Waals surface area contributed by atoms with Gasteiger partial charge in [0.1, 0.15) is 12.7 Å². The Morgan fingerprint density at radius 3 is 2.39 bits per heavy atom. The van der Waals surface area contributed by atoms with E-state index in [4.69, 9.17) is 0 Å². The Hall–Kier alpha value is -2.13. The highest BCUT2D eigenvalue weighted by Gasteiger charge is 2.15. The van der Waals surface area contributed by atoms with Gasteiger partial charge in [-0.15, -0.1) is 20.2 Å². The van der Waals surface area contributed by atoms with Gasteiger partial charge in [-0.05, 0) is 19.3 Å². The minimum Gasteiger partial charge on any atom is -0.466 e. The van der Waals surface area contributed by atoms with Gasteiger partial charge in [-0.25, -0.2) is 0 Å². The van der Waals surface area contributed by atoms with Crippen molar-refractivity contribution in [2.45, 2.75) is 32.3 Å². The molecule has 18 heavy (non-hydrogen) atoms. The van der Waals surface area contributed by atoms with E-state index in [1.165, 1.54) is 6.92 Å². The maximum absolute atomic E-state index is 10.4. The van der Waals surface area contributed by atoms with Gasteiger partial charge in [-0.2, -0.15) is 0 Å². The first-order valence-electron chi connectivity index (χ1n) is 5.13. The average molecular weight is 266 g/mol. The summed E-state index contributed by atoms with van der Waals surface area (Å²) in [6, 6.07) is 0. The van der Waals surface area contributed by atoms with Crippen molar-refractivity contribution in [3.63, 3.8) is 0 Å². The monoisotopic (exact) mass is 266 g/mol. The Morgan fingerprint density at radius 1 is 1.22 bits per heavy atom. The molecule has 0 aromatic rings. The lowest BCUT2D eigenvalue weighted by atomic mass is 10.2. The molecule has 0 aliphatic rings. The third-order valence-corrected chi connectivity index (χ3v) is 1.83. The van der Waals surface area contributed by atoms with E-state index in [0.29, 0.717) is 12.8 Å². The smallest absolute Gasteiger partial charge is 0.302 e.